The molecule has 1 rings (SSSR count). The lowest BCUT2D eigenvalue weighted by Gasteiger charge is -2.07. The van der Waals surface area contributed by atoms with Gasteiger partial charge in [0.15, 0.2) is 0 Å². The summed E-state index contributed by atoms with van der Waals surface area (Å²) in [5.41, 5.74) is -0.561. The molecule has 0 saturated heterocycles. The first kappa shape index (κ1) is 12.6. The van der Waals surface area contributed by atoms with Crippen molar-refractivity contribution >= 4 is 17.6 Å². The van der Waals surface area contributed by atoms with Gasteiger partial charge in [0.1, 0.15) is 5.56 Å². The van der Waals surface area contributed by atoms with E-state index in [1.807, 2.05) is 0 Å². The number of hydrogen-bond acceptors (Lipinski definition) is 5. The number of aromatic carboxylic acids is 1. The van der Waals surface area contributed by atoms with Crippen LogP contribution in [0.3, 0.4) is 0 Å². The largest absolute Gasteiger partial charge is 0.478 e. The Hall–Kier alpha value is -2.44. The molecule has 0 heterocycles. The van der Waals surface area contributed by atoms with Crippen molar-refractivity contribution in [2.45, 2.75) is 13.8 Å². The number of nitrogens with zero attached hydrogens (tertiary/aromatic N) is 1. The van der Waals surface area contributed by atoms with Gasteiger partial charge in [-0.05, 0) is 18.6 Å². The molecule has 0 saturated carbocycles. The lowest BCUT2D eigenvalue weighted by atomic mass is 10.1. The Morgan fingerprint density at radius 2 is 2.00 bits per heavy atom. The van der Waals surface area contributed by atoms with Crippen molar-refractivity contribution in [3.63, 3.8) is 0 Å². The number of carbonyl (C=O) groups is 2. The summed E-state index contributed by atoms with van der Waals surface area (Å²) in [6.07, 6.45) is 0. The first-order chi connectivity index (χ1) is 7.82. The highest BCUT2D eigenvalue weighted by molar-refractivity contribution is 5.94. The lowest BCUT2D eigenvalue weighted by molar-refractivity contribution is -0.385. The Bertz CT molecular complexity index is 473. The molecule has 17 heavy (non-hydrogen) atoms. The third-order valence-corrected chi connectivity index (χ3v) is 1.89. The molecule has 0 bridgehead atoms. The van der Waals surface area contributed by atoms with E-state index in [0.717, 1.165) is 13.0 Å². The van der Waals surface area contributed by atoms with Gasteiger partial charge in [0.05, 0.1) is 4.92 Å². The van der Waals surface area contributed by atoms with Crippen LogP contribution in [0.25, 0.3) is 0 Å². The lowest BCUT2D eigenvalue weighted by Crippen LogP contribution is -2.10. The molecular formula is C10H9NO6. The van der Waals surface area contributed by atoms with Crippen LogP contribution in [-0.4, -0.2) is 22.0 Å². The van der Waals surface area contributed by atoms with Crippen LogP contribution in [-0.2, 0) is 4.79 Å². The maximum atomic E-state index is 10.9. The molecule has 0 spiro atoms. The van der Waals surface area contributed by atoms with Crippen LogP contribution in [0.2, 0.25) is 0 Å². The first-order valence-electron chi connectivity index (χ1n) is 4.53. The molecule has 0 unspecified atom stereocenters. The molecule has 0 aliphatic heterocycles. The molecule has 1 aromatic carbocycles. The Kier molecular flexibility index (Phi) is 3.42. The van der Waals surface area contributed by atoms with Gasteiger partial charge >= 0.3 is 17.6 Å². The Balaban J connectivity index is 3.52. The van der Waals surface area contributed by atoms with Gasteiger partial charge in [-0.15, -0.1) is 0 Å². The van der Waals surface area contributed by atoms with Crippen LogP contribution in [0.15, 0.2) is 12.1 Å². The maximum Gasteiger partial charge on any atom is 0.339 e. The zero-order chi connectivity index (χ0) is 13.2. The van der Waals surface area contributed by atoms with Gasteiger partial charge in [0.25, 0.3) is 0 Å². The summed E-state index contributed by atoms with van der Waals surface area (Å²) in [5, 5.41) is 19.6. The van der Waals surface area contributed by atoms with E-state index in [4.69, 9.17) is 5.11 Å². The topological polar surface area (TPSA) is 107 Å². The van der Waals surface area contributed by atoms with Gasteiger partial charge in [0.2, 0.25) is 5.75 Å². The fourth-order valence-electron chi connectivity index (χ4n) is 1.30. The number of carboxylic acids is 1. The molecule has 7 nitrogen and oxygen atoms in total. The van der Waals surface area contributed by atoms with Crippen LogP contribution >= 0.6 is 0 Å². The zero-order valence-corrected chi connectivity index (χ0v) is 9.09. The van der Waals surface area contributed by atoms with E-state index < -0.39 is 33.9 Å². The number of nitro benzene ring substituents is 1. The second-order valence-electron chi connectivity index (χ2n) is 3.32. The third-order valence-electron chi connectivity index (χ3n) is 1.89. The van der Waals surface area contributed by atoms with Crippen LogP contribution in [0.5, 0.6) is 5.75 Å². The number of ether oxygens (including phenoxy) is 1. The highest BCUT2D eigenvalue weighted by Gasteiger charge is 2.25. The predicted molar refractivity (Wildman–Crippen MR) is 56.1 cm³/mol. The van der Waals surface area contributed by atoms with Crippen molar-refractivity contribution in [1.29, 1.82) is 0 Å². The van der Waals surface area contributed by atoms with Crippen LogP contribution in [0.1, 0.15) is 22.8 Å². The summed E-state index contributed by atoms with van der Waals surface area (Å²) in [7, 11) is 0. The number of benzene rings is 1. The molecule has 1 aromatic rings. The summed E-state index contributed by atoms with van der Waals surface area (Å²) < 4.78 is 4.59. The fraction of sp³-hybridized carbons (Fsp3) is 0.200. The number of carbonyl (C=O) groups excluding carboxylic acids is 1. The van der Waals surface area contributed by atoms with Gasteiger partial charge in [-0.3, -0.25) is 14.9 Å². The van der Waals surface area contributed by atoms with E-state index in [9.17, 15) is 19.7 Å². The van der Waals surface area contributed by atoms with E-state index in [-0.39, 0.29) is 0 Å². The van der Waals surface area contributed by atoms with Crippen molar-refractivity contribution < 1.29 is 24.4 Å². The Morgan fingerprint density at radius 3 is 2.41 bits per heavy atom. The first-order valence-corrected chi connectivity index (χ1v) is 4.53. The molecule has 7 heteroatoms. The predicted octanol–water partition coefficient (Wildman–Crippen LogP) is 1.53. The summed E-state index contributed by atoms with van der Waals surface area (Å²) in [6, 6.07) is 2.35. The quantitative estimate of drug-likeness (QED) is 0.371. The molecule has 0 fully saturated rings. The minimum atomic E-state index is -1.40. The molecule has 0 atom stereocenters. The molecule has 0 amide bonds. The van der Waals surface area contributed by atoms with Gasteiger partial charge in [-0.25, -0.2) is 4.79 Å². The maximum absolute atomic E-state index is 10.9. The van der Waals surface area contributed by atoms with Crippen molar-refractivity contribution in [3.05, 3.63) is 33.4 Å². The van der Waals surface area contributed by atoms with E-state index in [1.165, 1.54) is 13.0 Å². The third kappa shape index (κ3) is 2.77. The second kappa shape index (κ2) is 4.60. The van der Waals surface area contributed by atoms with Crippen molar-refractivity contribution in [3.8, 4) is 5.75 Å². The smallest absolute Gasteiger partial charge is 0.339 e. The van der Waals surface area contributed by atoms with Gasteiger partial charge in [-0.1, -0.05) is 0 Å². The summed E-state index contributed by atoms with van der Waals surface area (Å²) >= 11 is 0. The molecule has 0 aliphatic carbocycles. The molecular weight excluding hydrogens is 230 g/mol. The standard InChI is InChI=1S/C10H9NO6/c1-5-3-7(10(13)14)9(17-6(2)12)8(4-5)11(15)16/h3-4H,1-2H3,(H,13,14). The molecule has 0 aromatic heterocycles. The Morgan fingerprint density at radius 1 is 1.41 bits per heavy atom. The van der Waals surface area contributed by atoms with Gasteiger partial charge in [0, 0.05) is 13.0 Å². The molecule has 1 N–H and O–H groups in total. The van der Waals surface area contributed by atoms with E-state index in [2.05, 4.69) is 4.74 Å². The number of nitro groups is 1. The number of hydrogen-bond donors (Lipinski definition) is 1. The van der Waals surface area contributed by atoms with Crippen LogP contribution in [0, 0.1) is 17.0 Å². The summed E-state index contributed by atoms with van der Waals surface area (Å²) in [4.78, 5) is 31.7. The zero-order valence-electron chi connectivity index (χ0n) is 9.09. The average Bonchev–Trinajstić information content (AvgIpc) is 2.18. The second-order valence-corrected chi connectivity index (χ2v) is 3.32. The molecule has 0 aliphatic rings. The van der Waals surface area contributed by atoms with Gasteiger partial charge < -0.3 is 9.84 Å². The molecule has 90 valence electrons. The van der Waals surface area contributed by atoms with Crippen LogP contribution in [0.4, 0.5) is 5.69 Å². The Labute approximate surface area is 95.8 Å². The minimum absolute atomic E-state index is 0.394. The highest BCUT2D eigenvalue weighted by Crippen LogP contribution is 2.32. The van der Waals surface area contributed by atoms with Crippen molar-refractivity contribution in [1.82, 2.24) is 0 Å². The minimum Gasteiger partial charge on any atom is -0.478 e. The SMILES string of the molecule is CC(=O)Oc1c(C(=O)O)cc(C)cc1[N+](=O)[O-]. The van der Waals surface area contributed by atoms with Crippen molar-refractivity contribution in [2.75, 3.05) is 0 Å². The number of carboxylic acid groups (broad SMARTS) is 1. The fourth-order valence-corrected chi connectivity index (χ4v) is 1.30. The van der Waals surface area contributed by atoms with E-state index >= 15 is 0 Å². The molecule has 0 radical (unpaired) electrons. The summed E-state index contributed by atoms with van der Waals surface area (Å²) in [5.74, 6) is -2.76. The number of aryl methyl sites for hydroxylation is 1. The number of esters is 1. The van der Waals surface area contributed by atoms with Crippen molar-refractivity contribution in [2.24, 2.45) is 0 Å². The summed E-state index contributed by atoms with van der Waals surface area (Å²) in [6.45, 7) is 2.55. The average molecular weight is 239 g/mol. The number of rotatable bonds is 3. The van der Waals surface area contributed by atoms with E-state index in [1.54, 1.807) is 0 Å². The van der Waals surface area contributed by atoms with E-state index in [0.29, 0.717) is 5.56 Å². The van der Waals surface area contributed by atoms with Gasteiger partial charge in [-0.2, -0.15) is 0 Å². The normalized spacial score (nSPS) is 9.76. The monoisotopic (exact) mass is 239 g/mol. The highest BCUT2D eigenvalue weighted by atomic mass is 16.6. The van der Waals surface area contributed by atoms with Crippen LogP contribution < -0.4 is 4.74 Å².